The molecule has 2 rings (SSSR count). The second-order valence-corrected chi connectivity index (χ2v) is 6.04. The van der Waals surface area contributed by atoms with Gasteiger partial charge in [0.25, 0.3) is 0 Å². The Morgan fingerprint density at radius 1 is 1.37 bits per heavy atom. The maximum absolute atomic E-state index is 12.5. The molecule has 5 nitrogen and oxygen atoms in total. The van der Waals surface area contributed by atoms with Crippen molar-refractivity contribution in [2.75, 3.05) is 13.7 Å². The van der Waals surface area contributed by atoms with E-state index < -0.39 is 0 Å². The van der Waals surface area contributed by atoms with Crippen molar-refractivity contribution >= 4 is 11.8 Å². The highest BCUT2D eigenvalue weighted by molar-refractivity contribution is 5.95. The molecule has 2 fully saturated rings. The Bertz CT molecular complexity index is 357. The van der Waals surface area contributed by atoms with Crippen LogP contribution in [0.4, 0.5) is 0 Å². The molecule has 2 aliphatic rings. The van der Waals surface area contributed by atoms with E-state index in [1.165, 1.54) is 0 Å². The lowest BCUT2D eigenvalue weighted by Gasteiger charge is -2.37. The van der Waals surface area contributed by atoms with Gasteiger partial charge >= 0.3 is 0 Å². The number of ether oxygens (including phenoxy) is 1. The first-order valence-corrected chi connectivity index (χ1v) is 7.14. The van der Waals surface area contributed by atoms with Crippen LogP contribution >= 0.6 is 0 Å². The van der Waals surface area contributed by atoms with Crippen LogP contribution in [0, 0.1) is 5.92 Å². The molecular formula is C14H24N2O3. The Hall–Kier alpha value is -1.10. The van der Waals surface area contributed by atoms with Crippen molar-refractivity contribution in [1.82, 2.24) is 10.2 Å². The summed E-state index contributed by atoms with van der Waals surface area (Å²) in [4.78, 5) is 26.0. The summed E-state index contributed by atoms with van der Waals surface area (Å²) in [5, 5.41) is 2.81. The summed E-state index contributed by atoms with van der Waals surface area (Å²) in [6.45, 7) is 4.33. The molecule has 1 N–H and O–H groups in total. The lowest BCUT2D eigenvalue weighted by molar-refractivity contribution is -0.147. The first kappa shape index (κ1) is 14.3. The molecule has 1 aliphatic carbocycles. The fraction of sp³-hybridized carbons (Fsp3) is 0.857. The maximum atomic E-state index is 12.5. The summed E-state index contributed by atoms with van der Waals surface area (Å²) in [5.41, 5.74) is 0. The molecule has 1 heterocycles. The van der Waals surface area contributed by atoms with Crippen molar-refractivity contribution in [1.29, 1.82) is 0 Å². The van der Waals surface area contributed by atoms with Gasteiger partial charge < -0.3 is 15.0 Å². The second kappa shape index (κ2) is 5.90. The van der Waals surface area contributed by atoms with E-state index in [4.69, 9.17) is 4.74 Å². The minimum Gasteiger partial charge on any atom is -0.381 e. The minimum atomic E-state index is -0.345. The van der Waals surface area contributed by atoms with Gasteiger partial charge in [0.2, 0.25) is 11.8 Å². The third-order valence-electron chi connectivity index (χ3n) is 4.07. The third-order valence-corrected chi connectivity index (χ3v) is 4.07. The van der Waals surface area contributed by atoms with Gasteiger partial charge in [-0.25, -0.2) is 0 Å². The molecule has 3 atom stereocenters. The zero-order valence-electron chi connectivity index (χ0n) is 12.0. The van der Waals surface area contributed by atoms with Crippen LogP contribution in [-0.4, -0.2) is 48.6 Å². The van der Waals surface area contributed by atoms with Crippen molar-refractivity contribution in [2.45, 2.75) is 57.7 Å². The standard InChI is InChI=1S/C14H24N2O3/c1-9(2)6-12-14(18)16(8-13(17)15-12)10-4-5-11(7-10)19-3/h9-12H,4-8H2,1-3H3,(H,15,17). The first-order valence-electron chi connectivity index (χ1n) is 7.14. The Morgan fingerprint density at radius 2 is 2.11 bits per heavy atom. The van der Waals surface area contributed by atoms with E-state index in [0.29, 0.717) is 12.3 Å². The summed E-state index contributed by atoms with van der Waals surface area (Å²) in [6.07, 6.45) is 3.70. The van der Waals surface area contributed by atoms with E-state index in [1.807, 2.05) is 0 Å². The highest BCUT2D eigenvalue weighted by Crippen LogP contribution is 2.28. The van der Waals surface area contributed by atoms with E-state index in [9.17, 15) is 9.59 Å². The van der Waals surface area contributed by atoms with E-state index in [-0.39, 0.29) is 36.5 Å². The van der Waals surface area contributed by atoms with Gasteiger partial charge in [-0.15, -0.1) is 0 Å². The van der Waals surface area contributed by atoms with Gasteiger partial charge in [-0.1, -0.05) is 13.8 Å². The SMILES string of the molecule is COC1CCC(N2CC(=O)NC(CC(C)C)C2=O)C1. The van der Waals surface area contributed by atoms with Crippen molar-refractivity contribution in [3.05, 3.63) is 0 Å². The Morgan fingerprint density at radius 3 is 2.68 bits per heavy atom. The fourth-order valence-corrected chi connectivity index (χ4v) is 3.09. The monoisotopic (exact) mass is 268 g/mol. The fourth-order valence-electron chi connectivity index (χ4n) is 3.09. The second-order valence-electron chi connectivity index (χ2n) is 6.04. The van der Waals surface area contributed by atoms with Crippen LogP contribution in [0.15, 0.2) is 0 Å². The number of hydrogen-bond acceptors (Lipinski definition) is 3. The summed E-state index contributed by atoms with van der Waals surface area (Å²) >= 11 is 0. The average molecular weight is 268 g/mol. The van der Waals surface area contributed by atoms with Crippen LogP contribution in [0.25, 0.3) is 0 Å². The van der Waals surface area contributed by atoms with Gasteiger partial charge in [0.15, 0.2) is 0 Å². The number of hydrogen-bond donors (Lipinski definition) is 1. The number of methoxy groups -OCH3 is 1. The molecule has 0 bridgehead atoms. The highest BCUT2D eigenvalue weighted by atomic mass is 16.5. The quantitative estimate of drug-likeness (QED) is 0.825. The number of amides is 2. The maximum Gasteiger partial charge on any atom is 0.245 e. The molecule has 1 saturated heterocycles. The summed E-state index contributed by atoms with van der Waals surface area (Å²) < 4.78 is 5.35. The molecule has 108 valence electrons. The van der Waals surface area contributed by atoms with Gasteiger partial charge in [0, 0.05) is 13.2 Å². The Labute approximate surface area is 114 Å². The molecule has 0 aromatic heterocycles. The normalized spacial score (nSPS) is 32.0. The van der Waals surface area contributed by atoms with Gasteiger partial charge in [-0.2, -0.15) is 0 Å². The molecule has 3 unspecified atom stereocenters. The van der Waals surface area contributed by atoms with Crippen molar-refractivity contribution in [3.63, 3.8) is 0 Å². The van der Waals surface area contributed by atoms with Crippen LogP contribution in [0.5, 0.6) is 0 Å². The summed E-state index contributed by atoms with van der Waals surface area (Å²) in [6, 6.07) is -0.180. The predicted molar refractivity (Wildman–Crippen MR) is 71.5 cm³/mol. The first-order chi connectivity index (χ1) is 9.01. The number of carbonyl (C=O) groups is 2. The lowest BCUT2D eigenvalue weighted by Crippen LogP contribution is -2.60. The summed E-state index contributed by atoms with van der Waals surface area (Å²) in [7, 11) is 1.71. The molecule has 1 aliphatic heterocycles. The van der Waals surface area contributed by atoms with Gasteiger partial charge in [-0.3, -0.25) is 9.59 Å². The van der Waals surface area contributed by atoms with Gasteiger partial charge in [0.05, 0.1) is 12.6 Å². The van der Waals surface area contributed by atoms with Crippen LogP contribution in [-0.2, 0) is 14.3 Å². The smallest absolute Gasteiger partial charge is 0.245 e. The third kappa shape index (κ3) is 3.26. The molecular weight excluding hydrogens is 244 g/mol. The lowest BCUT2D eigenvalue weighted by atomic mass is 9.99. The molecule has 0 spiro atoms. The largest absolute Gasteiger partial charge is 0.381 e. The minimum absolute atomic E-state index is 0.0360. The number of rotatable bonds is 4. The number of nitrogens with one attached hydrogen (secondary N) is 1. The Balaban J connectivity index is 2.03. The molecule has 19 heavy (non-hydrogen) atoms. The molecule has 0 radical (unpaired) electrons. The molecule has 0 aromatic carbocycles. The van der Waals surface area contributed by atoms with E-state index in [0.717, 1.165) is 19.3 Å². The van der Waals surface area contributed by atoms with E-state index in [1.54, 1.807) is 12.0 Å². The number of nitrogens with zero attached hydrogens (tertiary/aromatic N) is 1. The van der Waals surface area contributed by atoms with E-state index in [2.05, 4.69) is 19.2 Å². The van der Waals surface area contributed by atoms with Crippen molar-refractivity contribution in [3.8, 4) is 0 Å². The van der Waals surface area contributed by atoms with Crippen LogP contribution in [0.1, 0.15) is 39.5 Å². The average Bonchev–Trinajstić information content (AvgIpc) is 2.81. The zero-order chi connectivity index (χ0) is 14.0. The van der Waals surface area contributed by atoms with Gasteiger partial charge in [0.1, 0.15) is 6.04 Å². The van der Waals surface area contributed by atoms with Crippen LogP contribution in [0.3, 0.4) is 0 Å². The van der Waals surface area contributed by atoms with Gasteiger partial charge in [-0.05, 0) is 31.6 Å². The molecule has 5 heteroatoms. The van der Waals surface area contributed by atoms with Crippen LogP contribution in [0.2, 0.25) is 0 Å². The topological polar surface area (TPSA) is 58.6 Å². The number of piperazine rings is 1. The van der Waals surface area contributed by atoms with Crippen molar-refractivity contribution in [2.24, 2.45) is 5.92 Å². The van der Waals surface area contributed by atoms with Crippen molar-refractivity contribution < 1.29 is 14.3 Å². The zero-order valence-corrected chi connectivity index (χ0v) is 12.0. The highest BCUT2D eigenvalue weighted by Gasteiger charge is 2.39. The predicted octanol–water partition coefficient (Wildman–Crippen LogP) is 0.927. The van der Waals surface area contributed by atoms with Crippen LogP contribution < -0.4 is 5.32 Å². The van der Waals surface area contributed by atoms with E-state index >= 15 is 0 Å². The molecule has 2 amide bonds. The number of carbonyl (C=O) groups excluding carboxylic acids is 2. The molecule has 1 saturated carbocycles. The summed E-state index contributed by atoms with van der Waals surface area (Å²) in [5.74, 6) is 0.436. The Kier molecular flexibility index (Phi) is 4.45. The molecule has 0 aromatic rings.